The van der Waals surface area contributed by atoms with Gasteiger partial charge in [0.15, 0.2) is 0 Å². The number of halogens is 1. The van der Waals surface area contributed by atoms with E-state index in [0.29, 0.717) is 24.9 Å². The van der Waals surface area contributed by atoms with Crippen LogP contribution in [0, 0.1) is 6.92 Å². The fraction of sp³-hybridized carbons (Fsp3) is 0.286. The molecular formula is C14H16BrN3O. The molecule has 0 aliphatic heterocycles. The lowest BCUT2D eigenvalue weighted by molar-refractivity contribution is 0.325. The molecule has 100 valence electrons. The van der Waals surface area contributed by atoms with E-state index in [-0.39, 0.29) is 0 Å². The molecule has 0 spiro atoms. The summed E-state index contributed by atoms with van der Waals surface area (Å²) in [5.41, 5.74) is 1.18. The van der Waals surface area contributed by atoms with Gasteiger partial charge in [0.1, 0.15) is 11.6 Å². The largest absolute Gasteiger partial charge is 0.478 e. The fourth-order valence-corrected chi connectivity index (χ4v) is 2.14. The summed E-state index contributed by atoms with van der Waals surface area (Å²) in [7, 11) is 0. The summed E-state index contributed by atoms with van der Waals surface area (Å²) in [5, 5.41) is 3.28. The Balaban J connectivity index is 2.06. The summed E-state index contributed by atoms with van der Waals surface area (Å²) in [6.07, 6.45) is 0. The SMILES string of the molecule is CCOc1cc(NCc2cccc(Br)c2)nc(C)n1. The van der Waals surface area contributed by atoms with Gasteiger partial charge in [-0.3, -0.25) is 0 Å². The topological polar surface area (TPSA) is 47.0 Å². The van der Waals surface area contributed by atoms with E-state index in [4.69, 9.17) is 4.74 Å². The lowest BCUT2D eigenvalue weighted by atomic mass is 10.2. The molecule has 0 aliphatic carbocycles. The van der Waals surface area contributed by atoms with Gasteiger partial charge >= 0.3 is 0 Å². The Bertz CT molecular complexity index is 560. The number of aromatic nitrogens is 2. The summed E-state index contributed by atoms with van der Waals surface area (Å²) in [5.74, 6) is 2.07. The first-order valence-corrected chi connectivity index (χ1v) is 6.93. The molecule has 0 atom stereocenters. The van der Waals surface area contributed by atoms with Crippen molar-refractivity contribution in [2.24, 2.45) is 0 Å². The highest BCUT2D eigenvalue weighted by molar-refractivity contribution is 9.10. The van der Waals surface area contributed by atoms with Gasteiger partial charge < -0.3 is 10.1 Å². The van der Waals surface area contributed by atoms with Gasteiger partial charge in [0.05, 0.1) is 6.61 Å². The zero-order chi connectivity index (χ0) is 13.7. The zero-order valence-corrected chi connectivity index (χ0v) is 12.6. The van der Waals surface area contributed by atoms with E-state index in [1.807, 2.05) is 32.0 Å². The van der Waals surface area contributed by atoms with Crippen LogP contribution in [0.2, 0.25) is 0 Å². The number of ether oxygens (including phenoxy) is 1. The van der Waals surface area contributed by atoms with Crippen molar-refractivity contribution in [2.75, 3.05) is 11.9 Å². The van der Waals surface area contributed by atoms with E-state index in [9.17, 15) is 0 Å². The minimum absolute atomic E-state index is 0.599. The lowest BCUT2D eigenvalue weighted by Crippen LogP contribution is -2.05. The van der Waals surface area contributed by atoms with E-state index in [2.05, 4.69) is 43.3 Å². The van der Waals surface area contributed by atoms with Gasteiger partial charge in [0.2, 0.25) is 5.88 Å². The molecular weight excluding hydrogens is 306 g/mol. The maximum absolute atomic E-state index is 5.40. The molecule has 0 radical (unpaired) electrons. The van der Waals surface area contributed by atoms with Crippen LogP contribution in [0.15, 0.2) is 34.8 Å². The molecule has 0 saturated carbocycles. The summed E-state index contributed by atoms with van der Waals surface area (Å²) >= 11 is 3.46. The summed E-state index contributed by atoms with van der Waals surface area (Å²) in [4.78, 5) is 8.55. The number of nitrogens with one attached hydrogen (secondary N) is 1. The smallest absolute Gasteiger partial charge is 0.218 e. The molecule has 19 heavy (non-hydrogen) atoms. The molecule has 0 saturated heterocycles. The minimum atomic E-state index is 0.599. The maximum Gasteiger partial charge on any atom is 0.218 e. The number of anilines is 1. The Kier molecular flexibility index (Phi) is 4.74. The summed E-state index contributed by atoms with van der Waals surface area (Å²) < 4.78 is 6.47. The molecule has 1 N–H and O–H groups in total. The van der Waals surface area contributed by atoms with Gasteiger partial charge in [-0.2, -0.15) is 4.98 Å². The van der Waals surface area contributed by atoms with Crippen LogP contribution in [-0.2, 0) is 6.54 Å². The van der Waals surface area contributed by atoms with E-state index < -0.39 is 0 Å². The van der Waals surface area contributed by atoms with Crippen molar-refractivity contribution in [2.45, 2.75) is 20.4 Å². The average Bonchev–Trinajstić information content (AvgIpc) is 2.36. The molecule has 0 fully saturated rings. The normalized spacial score (nSPS) is 10.3. The van der Waals surface area contributed by atoms with E-state index in [0.717, 1.165) is 10.3 Å². The molecule has 1 heterocycles. The third kappa shape index (κ3) is 4.21. The summed E-state index contributed by atoms with van der Waals surface area (Å²) in [6.45, 7) is 5.10. The number of nitrogens with zero attached hydrogens (tertiary/aromatic N) is 2. The molecule has 0 unspecified atom stereocenters. The van der Waals surface area contributed by atoms with Gasteiger partial charge in [0, 0.05) is 17.1 Å². The molecule has 0 amide bonds. The monoisotopic (exact) mass is 321 g/mol. The predicted molar refractivity (Wildman–Crippen MR) is 79.4 cm³/mol. The molecule has 5 heteroatoms. The average molecular weight is 322 g/mol. The molecule has 2 rings (SSSR count). The van der Waals surface area contributed by atoms with Crippen LogP contribution in [-0.4, -0.2) is 16.6 Å². The number of aryl methyl sites for hydroxylation is 1. The Hall–Kier alpha value is -1.62. The molecule has 0 bridgehead atoms. The van der Waals surface area contributed by atoms with E-state index in [1.165, 1.54) is 5.56 Å². The highest BCUT2D eigenvalue weighted by Crippen LogP contribution is 2.16. The number of rotatable bonds is 5. The lowest BCUT2D eigenvalue weighted by Gasteiger charge is -2.09. The van der Waals surface area contributed by atoms with Gasteiger partial charge in [-0.1, -0.05) is 28.1 Å². The molecule has 2 aromatic rings. The summed E-state index contributed by atoms with van der Waals surface area (Å²) in [6, 6.07) is 9.97. The highest BCUT2D eigenvalue weighted by atomic mass is 79.9. The Morgan fingerprint density at radius 3 is 2.84 bits per heavy atom. The second-order valence-corrected chi connectivity index (χ2v) is 4.97. The van der Waals surface area contributed by atoms with Crippen LogP contribution < -0.4 is 10.1 Å². The number of benzene rings is 1. The van der Waals surface area contributed by atoms with Crippen molar-refractivity contribution in [3.63, 3.8) is 0 Å². The van der Waals surface area contributed by atoms with Crippen LogP contribution in [0.3, 0.4) is 0 Å². The van der Waals surface area contributed by atoms with Crippen LogP contribution in [0.5, 0.6) is 5.88 Å². The first kappa shape index (κ1) is 13.8. The Morgan fingerprint density at radius 1 is 1.26 bits per heavy atom. The van der Waals surface area contributed by atoms with Crippen molar-refractivity contribution < 1.29 is 4.74 Å². The third-order valence-electron chi connectivity index (χ3n) is 2.47. The molecule has 0 aliphatic rings. The Morgan fingerprint density at radius 2 is 2.11 bits per heavy atom. The van der Waals surface area contributed by atoms with Crippen molar-refractivity contribution in [1.29, 1.82) is 0 Å². The molecule has 1 aromatic carbocycles. The standard InChI is InChI=1S/C14H16BrN3O/c1-3-19-14-8-13(17-10(2)18-14)16-9-11-5-4-6-12(15)7-11/h4-8H,3,9H2,1-2H3,(H,16,17,18). The zero-order valence-electron chi connectivity index (χ0n) is 11.0. The first-order valence-electron chi connectivity index (χ1n) is 6.14. The molecule has 4 nitrogen and oxygen atoms in total. The van der Waals surface area contributed by atoms with Crippen LogP contribution in [0.1, 0.15) is 18.3 Å². The van der Waals surface area contributed by atoms with Gasteiger partial charge in [-0.15, -0.1) is 0 Å². The minimum Gasteiger partial charge on any atom is -0.478 e. The number of hydrogen-bond donors (Lipinski definition) is 1. The van der Waals surface area contributed by atoms with Crippen molar-refractivity contribution in [1.82, 2.24) is 9.97 Å². The second kappa shape index (κ2) is 6.52. The van der Waals surface area contributed by atoms with Crippen LogP contribution in [0.25, 0.3) is 0 Å². The fourth-order valence-electron chi connectivity index (χ4n) is 1.69. The maximum atomic E-state index is 5.40. The third-order valence-corrected chi connectivity index (χ3v) is 2.96. The highest BCUT2D eigenvalue weighted by Gasteiger charge is 2.02. The predicted octanol–water partition coefficient (Wildman–Crippen LogP) is 3.56. The van der Waals surface area contributed by atoms with Crippen LogP contribution in [0.4, 0.5) is 5.82 Å². The van der Waals surface area contributed by atoms with E-state index >= 15 is 0 Å². The van der Waals surface area contributed by atoms with Crippen molar-refractivity contribution in [3.05, 3.63) is 46.2 Å². The van der Waals surface area contributed by atoms with Gasteiger partial charge in [-0.25, -0.2) is 4.98 Å². The quantitative estimate of drug-likeness (QED) is 0.914. The molecule has 1 aromatic heterocycles. The first-order chi connectivity index (χ1) is 9.17. The number of hydrogen-bond acceptors (Lipinski definition) is 4. The second-order valence-electron chi connectivity index (χ2n) is 4.06. The van der Waals surface area contributed by atoms with E-state index in [1.54, 1.807) is 0 Å². The van der Waals surface area contributed by atoms with Crippen molar-refractivity contribution >= 4 is 21.7 Å². The Labute approximate surface area is 121 Å². The van der Waals surface area contributed by atoms with Gasteiger partial charge in [0.25, 0.3) is 0 Å². The van der Waals surface area contributed by atoms with Crippen molar-refractivity contribution in [3.8, 4) is 5.88 Å². The van der Waals surface area contributed by atoms with Gasteiger partial charge in [-0.05, 0) is 31.5 Å². The van der Waals surface area contributed by atoms with Crippen LogP contribution >= 0.6 is 15.9 Å².